The van der Waals surface area contributed by atoms with Crippen LogP contribution in [0.25, 0.3) is 0 Å². The average molecular weight is 340 g/mol. The number of pyridine rings is 2. The van der Waals surface area contributed by atoms with Crippen molar-refractivity contribution in [3.8, 4) is 5.88 Å². The lowest BCUT2D eigenvalue weighted by molar-refractivity contribution is -0.154. The van der Waals surface area contributed by atoms with Crippen molar-refractivity contribution in [3.63, 3.8) is 0 Å². The Morgan fingerprint density at radius 1 is 1.25 bits per heavy atom. The first-order chi connectivity index (χ1) is 11.4. The fraction of sp³-hybridized carbons (Fsp3) is 0.267. The maximum absolute atomic E-state index is 12.0. The summed E-state index contributed by atoms with van der Waals surface area (Å²) in [4.78, 5) is 19.4. The zero-order valence-electron chi connectivity index (χ0n) is 12.7. The number of alkyl halides is 3. The van der Waals surface area contributed by atoms with Crippen LogP contribution in [0.3, 0.4) is 0 Å². The number of carbonyl (C=O) groups excluding carboxylic acids is 1. The molecule has 0 unspecified atom stereocenters. The minimum atomic E-state index is -4.40. The van der Waals surface area contributed by atoms with E-state index < -0.39 is 12.8 Å². The zero-order valence-corrected chi connectivity index (χ0v) is 12.7. The summed E-state index contributed by atoms with van der Waals surface area (Å²) in [6.45, 7) is -1.04. The van der Waals surface area contributed by atoms with Crippen molar-refractivity contribution < 1.29 is 22.7 Å². The summed E-state index contributed by atoms with van der Waals surface area (Å²) in [5, 5.41) is 5.48. The number of nitrogens with one attached hydrogen (secondary N) is 2. The molecule has 0 atom stereocenters. The molecule has 0 fully saturated rings. The van der Waals surface area contributed by atoms with Crippen molar-refractivity contribution in [1.82, 2.24) is 15.3 Å². The Morgan fingerprint density at radius 3 is 2.67 bits per heavy atom. The Balaban J connectivity index is 1.91. The number of aromatic nitrogens is 2. The van der Waals surface area contributed by atoms with E-state index in [9.17, 15) is 18.0 Å². The van der Waals surface area contributed by atoms with Gasteiger partial charge in [0, 0.05) is 25.9 Å². The summed E-state index contributed by atoms with van der Waals surface area (Å²) in [7, 11) is 1.51. The second-order valence-corrected chi connectivity index (χ2v) is 4.75. The molecule has 2 N–H and O–H groups in total. The van der Waals surface area contributed by atoms with E-state index in [1.807, 2.05) is 0 Å². The molecule has 0 saturated carbocycles. The smallest absolute Gasteiger partial charge is 0.422 e. The molecule has 0 bridgehead atoms. The molecule has 128 valence electrons. The number of nitrogens with zero attached hydrogens (tertiary/aromatic N) is 2. The van der Waals surface area contributed by atoms with Gasteiger partial charge in [-0.15, -0.1) is 0 Å². The van der Waals surface area contributed by atoms with Crippen LogP contribution in [0.4, 0.5) is 19.0 Å². The quantitative estimate of drug-likeness (QED) is 0.844. The molecular formula is C15H15F3N4O2. The van der Waals surface area contributed by atoms with Gasteiger partial charge >= 0.3 is 6.18 Å². The van der Waals surface area contributed by atoms with Crippen LogP contribution in [0.2, 0.25) is 0 Å². The van der Waals surface area contributed by atoms with Crippen molar-refractivity contribution in [1.29, 1.82) is 0 Å². The fourth-order valence-electron chi connectivity index (χ4n) is 1.74. The summed E-state index contributed by atoms with van der Waals surface area (Å²) in [6, 6.07) is 7.91. The van der Waals surface area contributed by atoms with E-state index in [0.29, 0.717) is 12.4 Å². The minimum absolute atomic E-state index is 0.101. The number of hydrogen-bond donors (Lipinski definition) is 2. The van der Waals surface area contributed by atoms with Crippen molar-refractivity contribution in [2.75, 3.05) is 19.0 Å². The van der Waals surface area contributed by atoms with Crippen LogP contribution in [0, 0.1) is 0 Å². The number of carbonyl (C=O) groups is 1. The lowest BCUT2D eigenvalue weighted by Crippen LogP contribution is -2.19. The van der Waals surface area contributed by atoms with Crippen LogP contribution >= 0.6 is 0 Å². The molecule has 6 nitrogen and oxygen atoms in total. The van der Waals surface area contributed by atoms with Crippen molar-refractivity contribution >= 4 is 11.7 Å². The molecule has 1 amide bonds. The molecule has 0 aromatic carbocycles. The molecule has 0 saturated heterocycles. The molecule has 0 spiro atoms. The average Bonchev–Trinajstić information content (AvgIpc) is 2.58. The SMILES string of the molecule is CNC(=O)c1cccc(NCc2ccc(OCC(F)(F)F)nc2)n1. The molecule has 2 aromatic rings. The van der Waals surface area contributed by atoms with E-state index in [4.69, 9.17) is 0 Å². The van der Waals surface area contributed by atoms with Crippen LogP contribution in [-0.4, -0.2) is 35.7 Å². The van der Waals surface area contributed by atoms with Crippen LogP contribution in [-0.2, 0) is 6.54 Å². The number of rotatable bonds is 6. The molecule has 0 radical (unpaired) electrons. The normalized spacial score (nSPS) is 11.0. The summed E-state index contributed by atoms with van der Waals surface area (Å²) in [5.41, 5.74) is 0.998. The van der Waals surface area contributed by atoms with Gasteiger partial charge in [0.25, 0.3) is 5.91 Å². The molecule has 2 aromatic heterocycles. The molecule has 0 aliphatic carbocycles. The van der Waals surface area contributed by atoms with Crippen LogP contribution in [0.15, 0.2) is 36.5 Å². The molecule has 0 aliphatic heterocycles. The van der Waals surface area contributed by atoms with Gasteiger partial charge < -0.3 is 15.4 Å². The first kappa shape index (κ1) is 17.5. The molecule has 0 aliphatic rings. The minimum Gasteiger partial charge on any atom is -0.468 e. The van der Waals surface area contributed by atoms with Gasteiger partial charge in [-0.2, -0.15) is 13.2 Å². The highest BCUT2D eigenvalue weighted by molar-refractivity contribution is 5.92. The van der Waals surface area contributed by atoms with Gasteiger partial charge in [-0.25, -0.2) is 9.97 Å². The topological polar surface area (TPSA) is 76.1 Å². The standard InChI is InChI=1S/C15H15F3N4O2/c1-19-14(23)11-3-2-4-12(22-11)20-7-10-5-6-13(21-8-10)24-9-15(16,17)18/h2-6,8H,7,9H2,1H3,(H,19,23)(H,20,22). The van der Waals surface area contributed by atoms with Crippen LogP contribution in [0.1, 0.15) is 16.1 Å². The first-order valence-electron chi connectivity index (χ1n) is 6.95. The van der Waals surface area contributed by atoms with E-state index in [1.54, 1.807) is 24.3 Å². The highest BCUT2D eigenvalue weighted by atomic mass is 19.4. The van der Waals surface area contributed by atoms with Crippen LogP contribution in [0.5, 0.6) is 5.88 Å². The molecule has 9 heteroatoms. The summed E-state index contributed by atoms with van der Waals surface area (Å²) >= 11 is 0. The van der Waals surface area contributed by atoms with Crippen molar-refractivity contribution in [2.45, 2.75) is 12.7 Å². The Morgan fingerprint density at radius 2 is 2.04 bits per heavy atom. The molecular weight excluding hydrogens is 325 g/mol. The Labute approximate surface area is 136 Å². The lowest BCUT2D eigenvalue weighted by atomic mass is 10.3. The Hall–Kier alpha value is -2.84. The first-order valence-corrected chi connectivity index (χ1v) is 6.95. The van der Waals surface area contributed by atoms with Gasteiger partial charge in [-0.3, -0.25) is 4.79 Å². The number of ether oxygens (including phenoxy) is 1. The molecule has 2 heterocycles. The summed E-state index contributed by atoms with van der Waals surface area (Å²) in [6.07, 6.45) is -3.00. The van der Waals surface area contributed by atoms with Gasteiger partial charge in [-0.05, 0) is 17.7 Å². The van der Waals surface area contributed by atoms with Gasteiger partial charge in [0.2, 0.25) is 5.88 Å². The Kier molecular flexibility index (Phi) is 5.56. The summed E-state index contributed by atoms with van der Waals surface area (Å²) < 4.78 is 40.7. The number of halogens is 3. The third-order valence-corrected chi connectivity index (χ3v) is 2.86. The van der Waals surface area contributed by atoms with Gasteiger partial charge in [-0.1, -0.05) is 12.1 Å². The lowest BCUT2D eigenvalue weighted by Gasteiger charge is -2.09. The molecule has 2 rings (SSSR count). The molecule has 24 heavy (non-hydrogen) atoms. The Bertz CT molecular complexity index is 690. The van der Waals surface area contributed by atoms with E-state index >= 15 is 0 Å². The maximum atomic E-state index is 12.0. The second kappa shape index (κ2) is 7.62. The highest BCUT2D eigenvalue weighted by Crippen LogP contribution is 2.17. The largest absolute Gasteiger partial charge is 0.468 e. The van der Waals surface area contributed by atoms with E-state index in [2.05, 4.69) is 25.3 Å². The van der Waals surface area contributed by atoms with Crippen molar-refractivity contribution in [2.24, 2.45) is 0 Å². The predicted molar refractivity (Wildman–Crippen MR) is 80.7 cm³/mol. The van der Waals surface area contributed by atoms with Crippen molar-refractivity contribution in [3.05, 3.63) is 47.8 Å². The highest BCUT2D eigenvalue weighted by Gasteiger charge is 2.28. The van der Waals surface area contributed by atoms with E-state index in [-0.39, 0.29) is 17.5 Å². The fourth-order valence-corrected chi connectivity index (χ4v) is 1.74. The van der Waals surface area contributed by atoms with Gasteiger partial charge in [0.1, 0.15) is 11.5 Å². The van der Waals surface area contributed by atoms with Gasteiger partial charge in [0.05, 0.1) is 0 Å². The van der Waals surface area contributed by atoms with E-state index in [1.165, 1.54) is 19.3 Å². The summed E-state index contributed by atoms with van der Waals surface area (Å²) in [5.74, 6) is 0.0933. The second-order valence-electron chi connectivity index (χ2n) is 4.75. The van der Waals surface area contributed by atoms with E-state index in [0.717, 1.165) is 5.56 Å². The number of anilines is 1. The zero-order chi connectivity index (χ0) is 17.6. The number of hydrogen-bond acceptors (Lipinski definition) is 5. The maximum Gasteiger partial charge on any atom is 0.422 e. The third kappa shape index (κ3) is 5.41. The third-order valence-electron chi connectivity index (χ3n) is 2.86. The number of amides is 1. The monoisotopic (exact) mass is 340 g/mol. The predicted octanol–water partition coefficient (Wildman–Crippen LogP) is 2.39. The van der Waals surface area contributed by atoms with Crippen LogP contribution < -0.4 is 15.4 Å². The van der Waals surface area contributed by atoms with Gasteiger partial charge in [0.15, 0.2) is 6.61 Å².